The van der Waals surface area contributed by atoms with E-state index in [-0.39, 0.29) is 24.9 Å². The third-order valence-corrected chi connectivity index (χ3v) is 2.62. The SMILES string of the molecule is CCOc1ccc(OCC(=O)N(C)CCNC)cc1.Cl. The smallest absolute Gasteiger partial charge is 0.260 e. The van der Waals surface area contributed by atoms with Crippen LogP contribution >= 0.6 is 12.4 Å². The van der Waals surface area contributed by atoms with Crippen LogP contribution in [0, 0.1) is 0 Å². The number of ether oxygens (including phenoxy) is 2. The van der Waals surface area contributed by atoms with Crippen molar-refractivity contribution < 1.29 is 14.3 Å². The molecule has 0 unspecified atom stereocenters. The molecule has 1 amide bonds. The van der Waals surface area contributed by atoms with Gasteiger partial charge in [0.2, 0.25) is 0 Å². The Morgan fingerprint density at radius 1 is 1.20 bits per heavy atom. The van der Waals surface area contributed by atoms with Crippen LogP contribution in [-0.4, -0.2) is 51.2 Å². The highest BCUT2D eigenvalue weighted by atomic mass is 35.5. The minimum Gasteiger partial charge on any atom is -0.494 e. The number of hydrogen-bond acceptors (Lipinski definition) is 4. The molecule has 0 aliphatic rings. The minimum absolute atomic E-state index is 0. The van der Waals surface area contributed by atoms with Crippen molar-refractivity contribution in [3.63, 3.8) is 0 Å². The van der Waals surface area contributed by atoms with Crippen molar-refractivity contribution in [1.29, 1.82) is 0 Å². The molecule has 0 heterocycles. The van der Waals surface area contributed by atoms with Crippen LogP contribution in [0.4, 0.5) is 0 Å². The van der Waals surface area contributed by atoms with E-state index in [1.807, 2.05) is 26.1 Å². The zero-order chi connectivity index (χ0) is 14.1. The number of halogens is 1. The van der Waals surface area contributed by atoms with E-state index < -0.39 is 0 Å². The van der Waals surface area contributed by atoms with E-state index >= 15 is 0 Å². The highest BCUT2D eigenvalue weighted by Gasteiger charge is 2.08. The Bertz CT molecular complexity index is 385. The lowest BCUT2D eigenvalue weighted by atomic mass is 10.3. The molecule has 0 bridgehead atoms. The molecule has 20 heavy (non-hydrogen) atoms. The Morgan fingerprint density at radius 3 is 2.25 bits per heavy atom. The van der Waals surface area contributed by atoms with Gasteiger partial charge in [-0.2, -0.15) is 0 Å². The summed E-state index contributed by atoms with van der Waals surface area (Å²) in [5.41, 5.74) is 0. The van der Waals surface area contributed by atoms with Crippen molar-refractivity contribution in [1.82, 2.24) is 10.2 Å². The molecule has 1 rings (SSSR count). The lowest BCUT2D eigenvalue weighted by molar-refractivity contribution is -0.131. The van der Waals surface area contributed by atoms with Crippen LogP contribution in [-0.2, 0) is 4.79 Å². The van der Waals surface area contributed by atoms with E-state index in [2.05, 4.69) is 5.32 Å². The molecule has 0 atom stereocenters. The molecule has 0 fully saturated rings. The Kier molecular flexibility index (Phi) is 9.59. The van der Waals surface area contributed by atoms with Crippen LogP contribution < -0.4 is 14.8 Å². The third-order valence-electron chi connectivity index (χ3n) is 2.62. The molecule has 0 aliphatic carbocycles. The van der Waals surface area contributed by atoms with Crippen LogP contribution in [0.5, 0.6) is 11.5 Å². The molecule has 0 aromatic heterocycles. The van der Waals surface area contributed by atoms with Gasteiger partial charge in [-0.05, 0) is 38.2 Å². The minimum atomic E-state index is -0.0378. The number of rotatable bonds is 8. The second-order valence-corrected chi connectivity index (χ2v) is 4.11. The molecule has 6 heteroatoms. The van der Waals surface area contributed by atoms with Crippen LogP contribution in [0.3, 0.4) is 0 Å². The number of benzene rings is 1. The molecule has 0 spiro atoms. The monoisotopic (exact) mass is 302 g/mol. The fraction of sp³-hybridized carbons (Fsp3) is 0.500. The van der Waals surface area contributed by atoms with E-state index in [1.165, 1.54) is 0 Å². The van der Waals surface area contributed by atoms with Crippen molar-refractivity contribution >= 4 is 18.3 Å². The summed E-state index contributed by atoms with van der Waals surface area (Å²) in [4.78, 5) is 13.4. The van der Waals surface area contributed by atoms with Gasteiger partial charge in [0.25, 0.3) is 5.91 Å². The van der Waals surface area contributed by atoms with Crippen molar-refractivity contribution in [3.05, 3.63) is 24.3 Å². The van der Waals surface area contributed by atoms with Gasteiger partial charge in [-0.15, -0.1) is 12.4 Å². The topological polar surface area (TPSA) is 50.8 Å². The van der Waals surface area contributed by atoms with Gasteiger partial charge < -0.3 is 19.7 Å². The van der Waals surface area contributed by atoms with Crippen molar-refractivity contribution in [3.8, 4) is 11.5 Å². The number of amides is 1. The fourth-order valence-corrected chi connectivity index (χ4v) is 1.46. The van der Waals surface area contributed by atoms with Crippen molar-refractivity contribution in [2.24, 2.45) is 0 Å². The van der Waals surface area contributed by atoms with Crippen LogP contribution in [0.1, 0.15) is 6.92 Å². The third kappa shape index (κ3) is 6.63. The fourth-order valence-electron chi connectivity index (χ4n) is 1.46. The second kappa shape index (κ2) is 10.3. The number of nitrogens with zero attached hydrogens (tertiary/aromatic N) is 1. The number of carbonyl (C=O) groups is 1. The second-order valence-electron chi connectivity index (χ2n) is 4.11. The molecule has 0 aliphatic heterocycles. The summed E-state index contributed by atoms with van der Waals surface area (Å²) in [5.74, 6) is 1.43. The molecular formula is C14H23ClN2O3. The first kappa shape index (κ1) is 18.5. The number of hydrogen-bond donors (Lipinski definition) is 1. The number of nitrogens with one attached hydrogen (secondary N) is 1. The van der Waals surface area contributed by atoms with E-state index in [0.29, 0.717) is 18.9 Å². The lowest BCUT2D eigenvalue weighted by Gasteiger charge is -2.17. The summed E-state index contributed by atoms with van der Waals surface area (Å²) < 4.78 is 10.8. The summed E-state index contributed by atoms with van der Waals surface area (Å²) in [7, 11) is 3.62. The molecule has 1 aromatic carbocycles. The summed E-state index contributed by atoms with van der Waals surface area (Å²) in [6.07, 6.45) is 0. The van der Waals surface area contributed by atoms with Gasteiger partial charge in [-0.3, -0.25) is 4.79 Å². The van der Waals surface area contributed by atoms with Gasteiger partial charge >= 0.3 is 0 Å². The molecule has 1 N–H and O–H groups in total. The maximum atomic E-state index is 11.7. The van der Waals surface area contributed by atoms with E-state index in [4.69, 9.17) is 9.47 Å². The van der Waals surface area contributed by atoms with Gasteiger partial charge in [0.15, 0.2) is 6.61 Å². The molecule has 0 saturated heterocycles. The molecule has 114 valence electrons. The first-order valence-electron chi connectivity index (χ1n) is 6.41. The predicted octanol–water partition coefficient (Wildman–Crippen LogP) is 1.56. The summed E-state index contributed by atoms with van der Waals surface area (Å²) in [6.45, 7) is 4.06. The van der Waals surface area contributed by atoms with Gasteiger partial charge in [0.1, 0.15) is 11.5 Å². The summed E-state index contributed by atoms with van der Waals surface area (Å²) in [5, 5.41) is 3.00. The Hall–Kier alpha value is -1.46. The number of carbonyl (C=O) groups excluding carboxylic acids is 1. The maximum absolute atomic E-state index is 11.7. The molecule has 5 nitrogen and oxygen atoms in total. The standard InChI is InChI=1S/C14H22N2O3.ClH/c1-4-18-12-5-7-13(8-6-12)19-11-14(17)16(3)10-9-15-2;/h5-8,15H,4,9-11H2,1-3H3;1H. The highest BCUT2D eigenvalue weighted by Crippen LogP contribution is 2.17. The Labute approximate surface area is 126 Å². The Morgan fingerprint density at radius 2 is 1.75 bits per heavy atom. The van der Waals surface area contributed by atoms with E-state index in [1.54, 1.807) is 24.1 Å². The quantitative estimate of drug-likeness (QED) is 0.792. The van der Waals surface area contributed by atoms with Crippen molar-refractivity contribution in [2.75, 3.05) is 40.4 Å². The van der Waals surface area contributed by atoms with Crippen LogP contribution in [0.25, 0.3) is 0 Å². The number of likely N-dealkylation sites (N-methyl/N-ethyl adjacent to an activating group) is 2. The molecule has 0 radical (unpaired) electrons. The lowest BCUT2D eigenvalue weighted by Crippen LogP contribution is -2.35. The van der Waals surface area contributed by atoms with Crippen molar-refractivity contribution in [2.45, 2.75) is 6.92 Å². The maximum Gasteiger partial charge on any atom is 0.260 e. The van der Waals surface area contributed by atoms with Gasteiger partial charge in [-0.1, -0.05) is 0 Å². The van der Waals surface area contributed by atoms with Gasteiger partial charge in [0.05, 0.1) is 6.61 Å². The average molecular weight is 303 g/mol. The zero-order valence-electron chi connectivity index (χ0n) is 12.2. The molecule has 0 saturated carbocycles. The highest BCUT2D eigenvalue weighted by molar-refractivity contribution is 5.85. The predicted molar refractivity (Wildman–Crippen MR) is 81.9 cm³/mol. The normalized spacial score (nSPS) is 9.55. The summed E-state index contributed by atoms with van der Waals surface area (Å²) in [6, 6.07) is 7.25. The Balaban J connectivity index is 0.00000361. The first-order chi connectivity index (χ1) is 9.17. The molecular weight excluding hydrogens is 280 g/mol. The van der Waals surface area contributed by atoms with Gasteiger partial charge in [0, 0.05) is 20.1 Å². The zero-order valence-corrected chi connectivity index (χ0v) is 13.0. The van der Waals surface area contributed by atoms with E-state index in [9.17, 15) is 4.79 Å². The molecule has 1 aromatic rings. The van der Waals surface area contributed by atoms with E-state index in [0.717, 1.165) is 12.3 Å². The van der Waals surface area contributed by atoms with Gasteiger partial charge in [-0.25, -0.2) is 0 Å². The van der Waals surface area contributed by atoms with Crippen LogP contribution in [0.2, 0.25) is 0 Å². The average Bonchev–Trinajstić information content (AvgIpc) is 2.44. The summed E-state index contributed by atoms with van der Waals surface area (Å²) >= 11 is 0. The van der Waals surface area contributed by atoms with Crippen LogP contribution in [0.15, 0.2) is 24.3 Å². The largest absolute Gasteiger partial charge is 0.494 e. The first-order valence-corrected chi connectivity index (χ1v) is 6.41.